The van der Waals surface area contributed by atoms with Crippen molar-refractivity contribution in [3.63, 3.8) is 0 Å². The van der Waals surface area contributed by atoms with Gasteiger partial charge in [0.25, 0.3) is 5.91 Å². The first-order chi connectivity index (χ1) is 16.9. The molecule has 0 aliphatic heterocycles. The Bertz CT molecular complexity index is 1210. The second kappa shape index (κ2) is 10.1. The highest BCUT2D eigenvalue weighted by atomic mass is 19.4. The van der Waals surface area contributed by atoms with Crippen molar-refractivity contribution in [3.8, 4) is 0 Å². The number of nitrogens with zero attached hydrogens (tertiary/aromatic N) is 1. The smallest absolute Gasteiger partial charge is 0.349 e. The molecular weight excluding hydrogens is 484 g/mol. The van der Waals surface area contributed by atoms with Gasteiger partial charge in [-0.25, -0.2) is 0 Å². The van der Waals surface area contributed by atoms with Crippen LogP contribution in [0.1, 0.15) is 58.4 Å². The summed E-state index contributed by atoms with van der Waals surface area (Å²) in [5.74, 6) is -0.946. The Morgan fingerprint density at radius 1 is 0.889 bits per heavy atom. The van der Waals surface area contributed by atoms with E-state index in [4.69, 9.17) is 0 Å². The monoisotopic (exact) mass is 509 g/mol. The number of halogens is 6. The van der Waals surface area contributed by atoms with Gasteiger partial charge in [-0.3, -0.25) is 9.78 Å². The third kappa shape index (κ3) is 6.16. The molecule has 0 spiro atoms. The maximum absolute atomic E-state index is 13.1. The van der Waals surface area contributed by atoms with Gasteiger partial charge in [-0.1, -0.05) is 18.2 Å². The van der Waals surface area contributed by atoms with Crippen LogP contribution in [0.3, 0.4) is 0 Å². The Hall–Kier alpha value is -3.14. The molecule has 0 atom stereocenters. The van der Waals surface area contributed by atoms with Crippen LogP contribution in [-0.4, -0.2) is 23.0 Å². The van der Waals surface area contributed by atoms with Crippen molar-refractivity contribution in [2.24, 2.45) is 0 Å². The van der Waals surface area contributed by atoms with Gasteiger partial charge < -0.3 is 10.6 Å². The predicted molar refractivity (Wildman–Crippen MR) is 123 cm³/mol. The van der Waals surface area contributed by atoms with Crippen LogP contribution in [0.25, 0.3) is 10.9 Å². The minimum absolute atomic E-state index is 0.0134. The Labute approximate surface area is 204 Å². The Balaban J connectivity index is 1.34. The van der Waals surface area contributed by atoms with Gasteiger partial charge in [-0.05, 0) is 68.5 Å². The zero-order chi connectivity index (χ0) is 26.1. The number of aromatic nitrogens is 1. The van der Waals surface area contributed by atoms with Crippen LogP contribution in [0, 0.1) is 6.92 Å². The number of hydrogen-bond acceptors (Lipinski definition) is 3. The minimum Gasteiger partial charge on any atom is -0.349 e. The molecule has 10 heteroatoms. The molecule has 1 fully saturated rings. The van der Waals surface area contributed by atoms with Crippen molar-refractivity contribution in [2.75, 3.05) is 0 Å². The van der Waals surface area contributed by atoms with Crippen molar-refractivity contribution < 1.29 is 31.1 Å². The lowest BCUT2D eigenvalue weighted by Gasteiger charge is -2.30. The number of pyridine rings is 1. The van der Waals surface area contributed by atoms with E-state index in [2.05, 4.69) is 15.6 Å². The zero-order valence-electron chi connectivity index (χ0n) is 19.4. The number of carbonyl (C=O) groups is 1. The highest BCUT2D eigenvalue weighted by molar-refractivity contribution is 5.95. The van der Waals surface area contributed by atoms with Gasteiger partial charge in [0.2, 0.25) is 0 Å². The lowest BCUT2D eigenvalue weighted by Crippen LogP contribution is -2.42. The number of benzene rings is 2. The van der Waals surface area contributed by atoms with Gasteiger partial charge in [-0.15, -0.1) is 0 Å². The molecule has 4 rings (SSSR count). The zero-order valence-corrected chi connectivity index (χ0v) is 19.4. The highest BCUT2D eigenvalue weighted by Gasteiger charge is 2.37. The van der Waals surface area contributed by atoms with Crippen LogP contribution in [0.5, 0.6) is 0 Å². The van der Waals surface area contributed by atoms with Gasteiger partial charge in [0.05, 0.1) is 22.3 Å². The molecule has 4 nitrogen and oxygen atoms in total. The summed E-state index contributed by atoms with van der Waals surface area (Å²) >= 11 is 0. The molecule has 0 bridgehead atoms. The van der Waals surface area contributed by atoms with Crippen molar-refractivity contribution >= 4 is 16.8 Å². The fraction of sp³-hybridized carbons (Fsp3) is 0.385. The van der Waals surface area contributed by atoms with E-state index in [0.717, 1.165) is 22.2 Å². The molecule has 0 radical (unpaired) electrons. The predicted octanol–water partition coefficient (Wildman–Crippen LogP) is 6.41. The normalized spacial score (nSPS) is 18.9. The summed E-state index contributed by atoms with van der Waals surface area (Å²) in [4.78, 5) is 17.2. The Morgan fingerprint density at radius 3 is 2.08 bits per heavy atom. The van der Waals surface area contributed by atoms with Crippen LogP contribution in [-0.2, 0) is 18.9 Å². The molecule has 1 aromatic heterocycles. The summed E-state index contributed by atoms with van der Waals surface area (Å²) in [6.45, 7) is 2.60. The number of carbonyl (C=O) groups excluding carboxylic acids is 1. The lowest BCUT2D eigenvalue weighted by atomic mass is 9.90. The number of hydrogen-bond donors (Lipinski definition) is 2. The van der Waals surface area contributed by atoms with E-state index < -0.39 is 35.0 Å². The van der Waals surface area contributed by atoms with Gasteiger partial charge in [0.15, 0.2) is 0 Å². The van der Waals surface area contributed by atoms with E-state index in [1.165, 1.54) is 0 Å². The molecule has 2 N–H and O–H groups in total. The van der Waals surface area contributed by atoms with Crippen molar-refractivity contribution in [1.29, 1.82) is 0 Å². The third-order valence-electron chi connectivity index (χ3n) is 6.46. The van der Waals surface area contributed by atoms with E-state index in [0.29, 0.717) is 44.4 Å². The molecule has 2 aromatic carbocycles. The molecule has 36 heavy (non-hydrogen) atoms. The largest absolute Gasteiger partial charge is 0.416 e. The Kier molecular flexibility index (Phi) is 7.26. The SMILES string of the molecule is Cc1cc(CNC2CCC(NC(=O)c3cc(C(F)(F)F)cc(C(F)(F)F)c3)CC2)nc2ccccc12. The fourth-order valence-electron chi connectivity index (χ4n) is 4.56. The summed E-state index contributed by atoms with van der Waals surface area (Å²) in [7, 11) is 0. The van der Waals surface area contributed by atoms with Crippen molar-refractivity contribution in [1.82, 2.24) is 15.6 Å². The average Bonchev–Trinajstić information content (AvgIpc) is 2.82. The summed E-state index contributed by atoms with van der Waals surface area (Å²) < 4.78 is 78.5. The molecular formula is C26H25F6N3O. The number of para-hydroxylation sites is 1. The minimum atomic E-state index is -5.00. The van der Waals surface area contributed by atoms with Crippen molar-refractivity contribution in [2.45, 2.75) is 63.6 Å². The van der Waals surface area contributed by atoms with E-state index in [1.807, 2.05) is 37.3 Å². The number of aryl methyl sites for hydroxylation is 1. The second-order valence-electron chi connectivity index (χ2n) is 9.15. The number of nitrogens with one attached hydrogen (secondary N) is 2. The van der Waals surface area contributed by atoms with Crippen LogP contribution in [0.2, 0.25) is 0 Å². The van der Waals surface area contributed by atoms with Crippen LogP contribution in [0.15, 0.2) is 48.5 Å². The molecule has 192 valence electrons. The summed E-state index contributed by atoms with van der Waals surface area (Å²) in [6.07, 6.45) is -7.49. The molecule has 1 heterocycles. The summed E-state index contributed by atoms with van der Waals surface area (Å²) in [5.41, 5.74) is -0.710. The standard InChI is InChI=1S/C26H25F6N3O/c1-15-10-21(34-23-5-3-2-4-22(15)23)14-33-19-6-8-20(9-7-19)35-24(36)16-11-17(25(27,28)29)13-18(12-16)26(30,31)32/h2-5,10-13,19-20,33H,6-9,14H2,1H3,(H,35,36). The molecule has 0 saturated heterocycles. The second-order valence-corrected chi connectivity index (χ2v) is 9.15. The first kappa shape index (κ1) is 25.9. The topological polar surface area (TPSA) is 54.0 Å². The first-order valence-electron chi connectivity index (χ1n) is 11.6. The number of amides is 1. The number of rotatable bonds is 5. The molecule has 0 unspecified atom stereocenters. The van der Waals surface area contributed by atoms with E-state index >= 15 is 0 Å². The number of alkyl halides is 6. The maximum atomic E-state index is 13.1. The van der Waals surface area contributed by atoms with Crippen LogP contribution < -0.4 is 10.6 Å². The van der Waals surface area contributed by atoms with E-state index in [9.17, 15) is 31.1 Å². The van der Waals surface area contributed by atoms with Gasteiger partial charge in [0, 0.05) is 29.6 Å². The molecule has 1 aliphatic rings. The van der Waals surface area contributed by atoms with Gasteiger partial charge in [-0.2, -0.15) is 26.3 Å². The Morgan fingerprint density at radius 2 is 1.47 bits per heavy atom. The van der Waals surface area contributed by atoms with Crippen LogP contribution in [0.4, 0.5) is 26.3 Å². The molecule has 3 aromatic rings. The van der Waals surface area contributed by atoms with Gasteiger partial charge in [0.1, 0.15) is 0 Å². The molecule has 1 aliphatic carbocycles. The van der Waals surface area contributed by atoms with E-state index in [-0.39, 0.29) is 18.2 Å². The average molecular weight is 509 g/mol. The van der Waals surface area contributed by atoms with E-state index in [1.54, 1.807) is 0 Å². The first-order valence-corrected chi connectivity index (χ1v) is 11.6. The van der Waals surface area contributed by atoms with Crippen LogP contribution >= 0.6 is 0 Å². The van der Waals surface area contributed by atoms with Gasteiger partial charge >= 0.3 is 12.4 Å². The summed E-state index contributed by atoms with van der Waals surface area (Å²) in [5, 5.41) is 7.16. The number of fused-ring (bicyclic) bond motifs is 1. The highest BCUT2D eigenvalue weighted by Crippen LogP contribution is 2.36. The molecule has 1 amide bonds. The lowest BCUT2D eigenvalue weighted by molar-refractivity contribution is -0.143. The quantitative estimate of drug-likeness (QED) is 0.391. The maximum Gasteiger partial charge on any atom is 0.416 e. The fourth-order valence-corrected chi connectivity index (χ4v) is 4.56. The van der Waals surface area contributed by atoms with Crippen molar-refractivity contribution in [3.05, 3.63) is 76.5 Å². The third-order valence-corrected chi connectivity index (χ3v) is 6.46. The summed E-state index contributed by atoms with van der Waals surface area (Å²) in [6, 6.07) is 10.7. The molecule has 1 saturated carbocycles.